The number of rotatable bonds is 3. The van der Waals surface area contributed by atoms with Crippen LogP contribution in [0.4, 0.5) is 0 Å². The summed E-state index contributed by atoms with van der Waals surface area (Å²) in [6, 6.07) is 0.762. The van der Waals surface area contributed by atoms with Crippen molar-refractivity contribution in [3.05, 3.63) is 17.5 Å². The largest absolute Gasteiger partial charge is 0.480 e. The second kappa shape index (κ2) is 3.36. The van der Waals surface area contributed by atoms with Crippen LogP contribution in [0.5, 0.6) is 0 Å². The Hall–Kier alpha value is -1.36. The lowest BCUT2D eigenvalue weighted by Gasteiger charge is -2.00. The number of aromatic nitrogens is 1. The zero-order valence-electron chi connectivity index (χ0n) is 6.65. The van der Waals surface area contributed by atoms with E-state index in [-0.39, 0.29) is 6.42 Å². The van der Waals surface area contributed by atoms with Crippen molar-refractivity contribution in [2.24, 2.45) is 5.73 Å². The maximum atomic E-state index is 10.3. The summed E-state index contributed by atoms with van der Waals surface area (Å²) in [7, 11) is 0. The molecule has 1 aromatic heterocycles. The standard InChI is InChI=1S/C7H10N2O3/c1-4-2-5(9-12-4)3-6(8)7(10)11/h2,6H,3,8H2,1H3,(H,10,11)/t6-/m0/s1. The first-order chi connectivity index (χ1) is 5.59. The molecule has 1 rings (SSSR count). The van der Waals surface area contributed by atoms with Gasteiger partial charge in [0.05, 0.1) is 5.69 Å². The Morgan fingerprint density at radius 2 is 2.58 bits per heavy atom. The van der Waals surface area contributed by atoms with Crippen LogP contribution in [0, 0.1) is 6.92 Å². The van der Waals surface area contributed by atoms with E-state index in [0.717, 1.165) is 0 Å². The highest BCUT2D eigenvalue weighted by Crippen LogP contribution is 2.03. The third-order valence-electron chi connectivity index (χ3n) is 1.42. The molecule has 0 bridgehead atoms. The molecule has 12 heavy (non-hydrogen) atoms. The zero-order chi connectivity index (χ0) is 9.14. The molecule has 1 heterocycles. The summed E-state index contributed by atoms with van der Waals surface area (Å²) in [4.78, 5) is 10.3. The van der Waals surface area contributed by atoms with Gasteiger partial charge < -0.3 is 15.4 Å². The highest BCUT2D eigenvalue weighted by atomic mass is 16.5. The van der Waals surface area contributed by atoms with E-state index in [4.69, 9.17) is 15.4 Å². The van der Waals surface area contributed by atoms with E-state index in [1.54, 1.807) is 13.0 Å². The topological polar surface area (TPSA) is 89.4 Å². The summed E-state index contributed by atoms with van der Waals surface area (Å²) in [5, 5.41) is 12.1. The Labute approximate surface area is 69.2 Å². The van der Waals surface area contributed by atoms with E-state index < -0.39 is 12.0 Å². The fourth-order valence-electron chi connectivity index (χ4n) is 0.827. The van der Waals surface area contributed by atoms with Crippen molar-refractivity contribution in [3.8, 4) is 0 Å². The fraction of sp³-hybridized carbons (Fsp3) is 0.429. The molecular formula is C7H10N2O3. The van der Waals surface area contributed by atoms with E-state index in [9.17, 15) is 4.79 Å². The Morgan fingerprint density at radius 3 is 3.00 bits per heavy atom. The van der Waals surface area contributed by atoms with Gasteiger partial charge in [0.25, 0.3) is 0 Å². The van der Waals surface area contributed by atoms with E-state index in [2.05, 4.69) is 5.16 Å². The lowest BCUT2D eigenvalue weighted by molar-refractivity contribution is -0.138. The highest BCUT2D eigenvalue weighted by molar-refractivity contribution is 5.73. The Bertz CT molecular complexity index is 282. The molecule has 0 radical (unpaired) electrons. The van der Waals surface area contributed by atoms with Gasteiger partial charge in [-0.25, -0.2) is 0 Å². The summed E-state index contributed by atoms with van der Waals surface area (Å²) in [6.45, 7) is 1.74. The van der Waals surface area contributed by atoms with Crippen molar-refractivity contribution in [3.63, 3.8) is 0 Å². The number of carboxylic acid groups (broad SMARTS) is 1. The summed E-state index contributed by atoms with van der Waals surface area (Å²) in [5.41, 5.74) is 5.85. The SMILES string of the molecule is Cc1cc(C[C@H](N)C(=O)O)no1. The number of carbonyl (C=O) groups is 1. The smallest absolute Gasteiger partial charge is 0.320 e. The average Bonchev–Trinajstić information content (AvgIpc) is 2.35. The normalized spacial score (nSPS) is 12.8. The second-order valence-electron chi connectivity index (χ2n) is 2.58. The number of aryl methyl sites for hydroxylation is 1. The Kier molecular flexibility index (Phi) is 2.44. The number of carboxylic acids is 1. The van der Waals surface area contributed by atoms with E-state index in [1.165, 1.54) is 0 Å². The molecule has 5 nitrogen and oxygen atoms in total. The van der Waals surface area contributed by atoms with Crippen molar-refractivity contribution >= 4 is 5.97 Å². The first kappa shape index (κ1) is 8.73. The van der Waals surface area contributed by atoms with Crippen molar-refractivity contribution in [2.45, 2.75) is 19.4 Å². The van der Waals surface area contributed by atoms with Crippen LogP contribution in [0.3, 0.4) is 0 Å². The van der Waals surface area contributed by atoms with Crippen LogP contribution in [-0.2, 0) is 11.2 Å². The van der Waals surface area contributed by atoms with Gasteiger partial charge in [0.15, 0.2) is 0 Å². The van der Waals surface area contributed by atoms with Crippen LogP contribution < -0.4 is 5.73 Å². The third-order valence-corrected chi connectivity index (χ3v) is 1.42. The molecule has 3 N–H and O–H groups in total. The molecule has 0 spiro atoms. The fourth-order valence-corrected chi connectivity index (χ4v) is 0.827. The predicted octanol–water partition coefficient (Wildman–Crippen LogP) is -0.0626. The minimum absolute atomic E-state index is 0.201. The molecule has 0 aliphatic heterocycles. The quantitative estimate of drug-likeness (QED) is 0.663. The number of hydrogen-bond acceptors (Lipinski definition) is 4. The van der Waals surface area contributed by atoms with Gasteiger partial charge in [-0.1, -0.05) is 5.16 Å². The minimum Gasteiger partial charge on any atom is -0.480 e. The molecule has 0 saturated heterocycles. The van der Waals surface area contributed by atoms with Crippen LogP contribution in [0.2, 0.25) is 0 Å². The molecule has 66 valence electrons. The monoisotopic (exact) mass is 170 g/mol. The van der Waals surface area contributed by atoms with Gasteiger partial charge in [0, 0.05) is 12.5 Å². The lowest BCUT2D eigenvalue weighted by atomic mass is 10.2. The van der Waals surface area contributed by atoms with Gasteiger partial charge in [0.2, 0.25) is 0 Å². The molecular weight excluding hydrogens is 160 g/mol. The summed E-state index contributed by atoms with van der Waals surface area (Å²) in [6.07, 6.45) is 0.201. The molecule has 0 fully saturated rings. The van der Waals surface area contributed by atoms with Crippen LogP contribution in [0.1, 0.15) is 11.5 Å². The molecule has 1 atom stereocenters. The molecule has 0 saturated carbocycles. The van der Waals surface area contributed by atoms with Gasteiger partial charge in [0.1, 0.15) is 11.8 Å². The maximum Gasteiger partial charge on any atom is 0.320 e. The maximum absolute atomic E-state index is 10.3. The van der Waals surface area contributed by atoms with E-state index in [1.807, 2.05) is 0 Å². The number of aliphatic carboxylic acids is 1. The Morgan fingerprint density at radius 1 is 1.92 bits per heavy atom. The first-order valence-electron chi connectivity index (χ1n) is 3.50. The second-order valence-corrected chi connectivity index (χ2v) is 2.58. The van der Waals surface area contributed by atoms with Crippen LogP contribution >= 0.6 is 0 Å². The molecule has 1 aromatic rings. The summed E-state index contributed by atoms with van der Waals surface area (Å²) < 4.78 is 4.75. The molecule has 0 aromatic carbocycles. The number of hydrogen-bond donors (Lipinski definition) is 2. The number of nitrogens with zero attached hydrogens (tertiary/aromatic N) is 1. The van der Waals surface area contributed by atoms with E-state index >= 15 is 0 Å². The average molecular weight is 170 g/mol. The van der Waals surface area contributed by atoms with Gasteiger partial charge in [-0.3, -0.25) is 4.79 Å². The first-order valence-corrected chi connectivity index (χ1v) is 3.50. The van der Waals surface area contributed by atoms with Crippen LogP contribution in [0.15, 0.2) is 10.6 Å². The molecule has 5 heteroatoms. The van der Waals surface area contributed by atoms with Gasteiger partial charge in [-0.2, -0.15) is 0 Å². The van der Waals surface area contributed by atoms with Crippen LogP contribution in [-0.4, -0.2) is 22.3 Å². The minimum atomic E-state index is -1.03. The van der Waals surface area contributed by atoms with Crippen molar-refractivity contribution in [1.29, 1.82) is 0 Å². The van der Waals surface area contributed by atoms with Gasteiger partial charge in [-0.15, -0.1) is 0 Å². The molecule has 0 unspecified atom stereocenters. The summed E-state index contributed by atoms with van der Waals surface area (Å²) >= 11 is 0. The molecule has 0 aliphatic rings. The molecule has 0 aliphatic carbocycles. The van der Waals surface area contributed by atoms with Crippen LogP contribution in [0.25, 0.3) is 0 Å². The third kappa shape index (κ3) is 2.06. The van der Waals surface area contributed by atoms with Gasteiger partial charge >= 0.3 is 5.97 Å². The van der Waals surface area contributed by atoms with Gasteiger partial charge in [-0.05, 0) is 6.92 Å². The zero-order valence-corrected chi connectivity index (χ0v) is 6.65. The van der Waals surface area contributed by atoms with E-state index in [0.29, 0.717) is 11.5 Å². The van der Waals surface area contributed by atoms with Crippen molar-refractivity contribution in [1.82, 2.24) is 5.16 Å². The summed E-state index contributed by atoms with van der Waals surface area (Å²) in [5.74, 6) is -0.377. The van der Waals surface area contributed by atoms with Crippen molar-refractivity contribution < 1.29 is 14.4 Å². The van der Waals surface area contributed by atoms with Crippen molar-refractivity contribution in [2.75, 3.05) is 0 Å². The molecule has 0 amide bonds. The lowest BCUT2D eigenvalue weighted by Crippen LogP contribution is -2.32. The highest BCUT2D eigenvalue weighted by Gasteiger charge is 2.14. The predicted molar refractivity (Wildman–Crippen MR) is 40.6 cm³/mol. The number of nitrogens with two attached hydrogens (primary N) is 1. The Balaban J connectivity index is 2.58.